The molecule has 0 radical (unpaired) electrons. The molecule has 0 aliphatic heterocycles. The third kappa shape index (κ3) is 1.99. The Morgan fingerprint density at radius 2 is 2.00 bits per heavy atom. The fourth-order valence-electron chi connectivity index (χ4n) is 0.652. The minimum absolute atomic E-state index is 0.292. The van der Waals surface area contributed by atoms with E-state index in [1.54, 1.807) is 12.1 Å². The number of hydrogen-bond acceptors (Lipinski definition) is 3. The van der Waals surface area contributed by atoms with E-state index >= 15 is 0 Å². The van der Waals surface area contributed by atoms with Gasteiger partial charge < -0.3 is 4.55 Å². The quantitative estimate of drug-likeness (QED) is 0.484. The largest absolute Gasteiger partial charge is 0.302 e. The number of hydrogen-bond donors (Lipinski definition) is 3. The van der Waals surface area contributed by atoms with Crippen LogP contribution in [0.3, 0.4) is 0 Å². The first kappa shape index (κ1) is 9.12. The van der Waals surface area contributed by atoms with Gasteiger partial charge in [-0.1, -0.05) is 6.07 Å². The topological polar surface area (TPSA) is 37.3 Å². The molecule has 0 fully saturated rings. The van der Waals surface area contributed by atoms with E-state index in [1.165, 1.54) is 6.07 Å². The lowest BCUT2D eigenvalue weighted by atomic mass is 10.4. The fourth-order valence-corrected chi connectivity index (χ4v) is 1.79. The molecule has 0 saturated carbocycles. The molecule has 60 valence electrons. The molecule has 1 N–H and O–H groups in total. The van der Waals surface area contributed by atoms with Crippen LogP contribution in [0.4, 0.5) is 0 Å². The maximum absolute atomic E-state index is 10.6. The molecule has 0 aliphatic carbocycles. The molecule has 0 spiro atoms. The number of rotatable bonds is 1. The van der Waals surface area contributed by atoms with Gasteiger partial charge in [-0.15, -0.1) is 25.3 Å². The summed E-state index contributed by atoms with van der Waals surface area (Å²) in [5, 5.41) is 0. The summed E-state index contributed by atoms with van der Waals surface area (Å²) in [7, 11) is 0. The Morgan fingerprint density at radius 3 is 2.45 bits per heavy atom. The Kier molecular flexibility index (Phi) is 3.00. The number of benzene rings is 1. The highest BCUT2D eigenvalue weighted by molar-refractivity contribution is 7.85. The first-order valence-electron chi connectivity index (χ1n) is 2.74. The molecule has 2 nitrogen and oxygen atoms in total. The van der Waals surface area contributed by atoms with Crippen LogP contribution >= 0.6 is 25.3 Å². The Morgan fingerprint density at radius 1 is 1.36 bits per heavy atom. The van der Waals surface area contributed by atoms with Crippen molar-refractivity contribution in [2.24, 2.45) is 0 Å². The maximum atomic E-state index is 10.6. The van der Waals surface area contributed by atoms with Gasteiger partial charge in [0.05, 0.1) is 4.90 Å². The zero-order valence-electron chi connectivity index (χ0n) is 5.39. The van der Waals surface area contributed by atoms with Crippen LogP contribution in [-0.2, 0) is 11.1 Å². The molecule has 0 saturated heterocycles. The fraction of sp³-hybridized carbons (Fsp3) is 0. The van der Waals surface area contributed by atoms with Crippen LogP contribution in [0, 0.1) is 0 Å². The minimum atomic E-state index is -1.98. The van der Waals surface area contributed by atoms with E-state index in [0.29, 0.717) is 14.7 Å². The average molecular weight is 206 g/mol. The summed E-state index contributed by atoms with van der Waals surface area (Å²) in [6.07, 6.45) is 0. The molecule has 0 bridgehead atoms. The molecule has 5 heteroatoms. The Hall–Kier alpha value is 0.0300. The lowest BCUT2D eigenvalue weighted by molar-refractivity contribution is 0.561. The van der Waals surface area contributed by atoms with E-state index in [2.05, 4.69) is 25.3 Å². The SMILES string of the molecule is O=S(O)c1cccc(S)c1S. The summed E-state index contributed by atoms with van der Waals surface area (Å²) >= 11 is 6.09. The lowest BCUT2D eigenvalue weighted by Crippen LogP contribution is -1.90. The molecule has 0 aromatic heterocycles. The molecule has 11 heavy (non-hydrogen) atoms. The summed E-state index contributed by atoms with van der Waals surface area (Å²) in [4.78, 5) is 1.35. The van der Waals surface area contributed by atoms with Crippen LogP contribution in [0.25, 0.3) is 0 Å². The Balaban J connectivity index is 3.27. The lowest BCUT2D eigenvalue weighted by Gasteiger charge is -2.01. The van der Waals surface area contributed by atoms with Crippen LogP contribution in [0.5, 0.6) is 0 Å². The van der Waals surface area contributed by atoms with Crippen molar-refractivity contribution in [3.8, 4) is 0 Å². The predicted molar refractivity (Wildman–Crippen MR) is 50.0 cm³/mol. The smallest absolute Gasteiger partial charge is 0.187 e. The van der Waals surface area contributed by atoms with Crippen molar-refractivity contribution in [1.29, 1.82) is 0 Å². The second kappa shape index (κ2) is 3.62. The van der Waals surface area contributed by atoms with Gasteiger partial charge in [0.2, 0.25) is 0 Å². The second-order valence-corrected chi connectivity index (χ2v) is 3.74. The van der Waals surface area contributed by atoms with E-state index in [9.17, 15) is 4.21 Å². The van der Waals surface area contributed by atoms with Gasteiger partial charge in [0.25, 0.3) is 0 Å². The molecule has 0 amide bonds. The molecule has 0 heterocycles. The van der Waals surface area contributed by atoms with Crippen molar-refractivity contribution in [3.05, 3.63) is 18.2 Å². The van der Waals surface area contributed by atoms with Crippen molar-refractivity contribution in [3.63, 3.8) is 0 Å². The van der Waals surface area contributed by atoms with Gasteiger partial charge in [-0.3, -0.25) is 0 Å². The van der Waals surface area contributed by atoms with Crippen molar-refractivity contribution in [2.75, 3.05) is 0 Å². The second-order valence-electron chi connectivity index (χ2n) is 1.87. The van der Waals surface area contributed by atoms with Crippen LogP contribution in [0.1, 0.15) is 0 Å². The molecule has 1 unspecified atom stereocenters. The predicted octanol–water partition coefficient (Wildman–Crippen LogP) is 1.84. The van der Waals surface area contributed by atoms with Crippen molar-refractivity contribution >= 4 is 36.3 Å². The van der Waals surface area contributed by atoms with Crippen molar-refractivity contribution in [1.82, 2.24) is 0 Å². The Bertz CT molecular complexity index is 298. The van der Waals surface area contributed by atoms with Crippen molar-refractivity contribution in [2.45, 2.75) is 14.7 Å². The third-order valence-corrected chi connectivity index (χ3v) is 3.06. The molecule has 1 atom stereocenters. The molecule has 1 rings (SSSR count). The summed E-state index contributed by atoms with van der Waals surface area (Å²) in [5.74, 6) is 0. The van der Waals surface area contributed by atoms with Gasteiger partial charge in [0.1, 0.15) is 0 Å². The van der Waals surface area contributed by atoms with Crippen LogP contribution in [-0.4, -0.2) is 8.76 Å². The van der Waals surface area contributed by atoms with Gasteiger partial charge >= 0.3 is 0 Å². The van der Waals surface area contributed by atoms with Crippen molar-refractivity contribution < 1.29 is 8.76 Å². The summed E-state index contributed by atoms with van der Waals surface area (Å²) in [6, 6.07) is 4.91. The molecule has 0 aliphatic rings. The van der Waals surface area contributed by atoms with E-state index in [0.717, 1.165) is 0 Å². The molecular formula is C6H6O2S3. The first-order chi connectivity index (χ1) is 5.13. The monoisotopic (exact) mass is 206 g/mol. The zero-order chi connectivity index (χ0) is 8.43. The van der Waals surface area contributed by atoms with Gasteiger partial charge in [0.15, 0.2) is 11.1 Å². The molecule has 1 aromatic carbocycles. The van der Waals surface area contributed by atoms with Gasteiger partial charge in [-0.25, -0.2) is 4.21 Å². The van der Waals surface area contributed by atoms with E-state index in [4.69, 9.17) is 4.55 Å². The standard InChI is InChI=1S/C6H6O2S3/c7-11(8)5-3-1-2-4(9)6(5)10/h1-3,9-10H,(H,7,8). The molecular weight excluding hydrogens is 200 g/mol. The first-order valence-corrected chi connectivity index (χ1v) is 4.75. The van der Waals surface area contributed by atoms with Crippen LogP contribution in [0.15, 0.2) is 32.9 Å². The Labute approximate surface area is 78.1 Å². The van der Waals surface area contributed by atoms with E-state index in [-0.39, 0.29) is 0 Å². The highest BCUT2D eigenvalue weighted by atomic mass is 32.2. The van der Waals surface area contributed by atoms with E-state index in [1.807, 2.05) is 0 Å². The van der Waals surface area contributed by atoms with Crippen LogP contribution in [0.2, 0.25) is 0 Å². The summed E-state index contributed by atoms with van der Waals surface area (Å²) in [6.45, 7) is 0. The van der Waals surface area contributed by atoms with Gasteiger partial charge in [0, 0.05) is 9.79 Å². The van der Waals surface area contributed by atoms with E-state index < -0.39 is 11.1 Å². The highest BCUT2D eigenvalue weighted by Crippen LogP contribution is 2.23. The highest BCUT2D eigenvalue weighted by Gasteiger charge is 2.05. The summed E-state index contributed by atoms with van der Waals surface area (Å²) < 4.78 is 19.3. The molecule has 1 aromatic rings. The zero-order valence-corrected chi connectivity index (χ0v) is 8.00. The van der Waals surface area contributed by atoms with Gasteiger partial charge in [-0.05, 0) is 12.1 Å². The third-order valence-electron chi connectivity index (χ3n) is 1.17. The van der Waals surface area contributed by atoms with Gasteiger partial charge in [-0.2, -0.15) is 0 Å². The normalized spacial score (nSPS) is 13.0. The maximum Gasteiger partial charge on any atom is 0.187 e. The number of thiol groups is 2. The van der Waals surface area contributed by atoms with Crippen LogP contribution < -0.4 is 0 Å². The average Bonchev–Trinajstić information content (AvgIpc) is 1.94. The summed E-state index contributed by atoms with van der Waals surface area (Å²) in [5.41, 5.74) is 0. The minimum Gasteiger partial charge on any atom is -0.302 e.